The summed E-state index contributed by atoms with van der Waals surface area (Å²) in [6.45, 7) is 4.46. The molecule has 0 saturated heterocycles. The van der Waals surface area contributed by atoms with Crippen molar-refractivity contribution in [3.63, 3.8) is 0 Å². The topological polar surface area (TPSA) is 43.1 Å². The summed E-state index contributed by atoms with van der Waals surface area (Å²) >= 11 is 0. The largest absolute Gasteiger partial charge is 0.366 e. The molecule has 2 heteroatoms. The molecule has 0 aromatic heterocycles. The molecule has 0 aliphatic rings. The summed E-state index contributed by atoms with van der Waals surface area (Å²) in [4.78, 5) is 10.4. The van der Waals surface area contributed by atoms with Gasteiger partial charge in [0.2, 0.25) is 5.91 Å². The zero-order valence-electron chi connectivity index (χ0n) is 9.70. The quantitative estimate of drug-likeness (QED) is 0.756. The van der Waals surface area contributed by atoms with Gasteiger partial charge in [0.1, 0.15) is 0 Å². The van der Waals surface area contributed by atoms with Gasteiger partial charge in [-0.05, 0) is 12.1 Å². The second-order valence-corrected chi connectivity index (χ2v) is 3.44. The number of unbranched alkanes of at least 4 members (excludes halogenated alkanes) is 3. The highest BCUT2D eigenvalue weighted by Crippen LogP contribution is 1.95. The lowest BCUT2D eigenvalue weighted by atomic mass is 10.2. The van der Waals surface area contributed by atoms with E-state index in [0.29, 0.717) is 5.56 Å². The van der Waals surface area contributed by atoms with Crippen LogP contribution < -0.4 is 5.73 Å². The number of benzene rings is 1. The van der Waals surface area contributed by atoms with Crippen molar-refractivity contribution in [1.82, 2.24) is 0 Å². The Hall–Kier alpha value is -1.31. The molecule has 1 rings (SSSR count). The van der Waals surface area contributed by atoms with E-state index in [1.165, 1.54) is 25.7 Å². The van der Waals surface area contributed by atoms with Gasteiger partial charge in [0, 0.05) is 5.56 Å². The average molecular weight is 207 g/mol. The highest BCUT2D eigenvalue weighted by molar-refractivity contribution is 5.92. The SMILES string of the molecule is CCCCCC.NC(=O)c1ccccc1. The lowest BCUT2D eigenvalue weighted by molar-refractivity contribution is 0.100. The van der Waals surface area contributed by atoms with E-state index in [1.807, 2.05) is 6.07 Å². The number of hydrogen-bond donors (Lipinski definition) is 1. The van der Waals surface area contributed by atoms with E-state index >= 15 is 0 Å². The minimum atomic E-state index is -0.379. The van der Waals surface area contributed by atoms with Crippen LogP contribution in [0.5, 0.6) is 0 Å². The van der Waals surface area contributed by atoms with Gasteiger partial charge in [0.25, 0.3) is 0 Å². The lowest BCUT2D eigenvalue weighted by Gasteiger charge is -1.89. The van der Waals surface area contributed by atoms with E-state index in [1.54, 1.807) is 24.3 Å². The summed E-state index contributed by atoms with van der Waals surface area (Å²) in [6.07, 6.45) is 5.54. The maximum atomic E-state index is 10.4. The van der Waals surface area contributed by atoms with E-state index in [2.05, 4.69) is 13.8 Å². The van der Waals surface area contributed by atoms with Gasteiger partial charge in [-0.3, -0.25) is 4.79 Å². The van der Waals surface area contributed by atoms with Crippen LogP contribution in [0.4, 0.5) is 0 Å². The van der Waals surface area contributed by atoms with Crippen LogP contribution in [0, 0.1) is 0 Å². The molecule has 0 aliphatic heterocycles. The van der Waals surface area contributed by atoms with Crippen molar-refractivity contribution in [2.45, 2.75) is 39.5 Å². The molecule has 84 valence electrons. The average Bonchev–Trinajstić information content (AvgIpc) is 2.28. The number of nitrogens with two attached hydrogens (primary N) is 1. The Morgan fingerprint density at radius 2 is 1.53 bits per heavy atom. The number of rotatable bonds is 4. The van der Waals surface area contributed by atoms with Gasteiger partial charge in [-0.2, -0.15) is 0 Å². The third-order valence-corrected chi connectivity index (χ3v) is 2.02. The monoisotopic (exact) mass is 207 g/mol. The van der Waals surface area contributed by atoms with Crippen LogP contribution >= 0.6 is 0 Å². The standard InChI is InChI=1S/C7H7NO.C6H14/c8-7(9)6-4-2-1-3-5-6;1-3-5-6-4-2/h1-5H,(H2,8,9);3-6H2,1-2H3. The van der Waals surface area contributed by atoms with Crippen LogP contribution in [0.3, 0.4) is 0 Å². The van der Waals surface area contributed by atoms with E-state index in [4.69, 9.17) is 5.73 Å². The number of carbonyl (C=O) groups is 1. The minimum absolute atomic E-state index is 0.379. The molecule has 0 radical (unpaired) electrons. The van der Waals surface area contributed by atoms with Gasteiger partial charge >= 0.3 is 0 Å². The number of primary amides is 1. The summed E-state index contributed by atoms with van der Waals surface area (Å²) < 4.78 is 0. The van der Waals surface area contributed by atoms with E-state index in [9.17, 15) is 4.79 Å². The fourth-order valence-corrected chi connectivity index (χ4v) is 1.10. The molecular formula is C13H21NO. The van der Waals surface area contributed by atoms with Crippen LogP contribution in [-0.4, -0.2) is 5.91 Å². The van der Waals surface area contributed by atoms with Crippen LogP contribution in [0.25, 0.3) is 0 Å². The third-order valence-electron chi connectivity index (χ3n) is 2.02. The van der Waals surface area contributed by atoms with Gasteiger partial charge in [-0.15, -0.1) is 0 Å². The van der Waals surface area contributed by atoms with E-state index in [-0.39, 0.29) is 5.91 Å². The fourth-order valence-electron chi connectivity index (χ4n) is 1.10. The first-order valence-corrected chi connectivity index (χ1v) is 5.57. The molecule has 15 heavy (non-hydrogen) atoms. The Kier molecular flexibility index (Phi) is 8.44. The number of hydrogen-bond acceptors (Lipinski definition) is 1. The predicted octanol–water partition coefficient (Wildman–Crippen LogP) is 3.37. The molecule has 1 aromatic carbocycles. The molecule has 0 bridgehead atoms. The predicted molar refractivity (Wildman–Crippen MR) is 64.8 cm³/mol. The zero-order valence-corrected chi connectivity index (χ0v) is 9.70. The summed E-state index contributed by atoms with van der Waals surface area (Å²) in [5.41, 5.74) is 5.53. The van der Waals surface area contributed by atoms with E-state index in [0.717, 1.165) is 0 Å². The van der Waals surface area contributed by atoms with Gasteiger partial charge in [-0.1, -0.05) is 57.7 Å². The van der Waals surface area contributed by atoms with Gasteiger partial charge in [0.05, 0.1) is 0 Å². The first-order chi connectivity index (χ1) is 7.22. The summed E-state index contributed by atoms with van der Waals surface area (Å²) in [5, 5.41) is 0. The molecule has 2 N–H and O–H groups in total. The highest BCUT2D eigenvalue weighted by atomic mass is 16.1. The molecule has 0 saturated carbocycles. The molecule has 2 nitrogen and oxygen atoms in total. The number of carbonyl (C=O) groups excluding carboxylic acids is 1. The van der Waals surface area contributed by atoms with Crippen LogP contribution in [0.1, 0.15) is 49.9 Å². The van der Waals surface area contributed by atoms with Crippen LogP contribution in [0.2, 0.25) is 0 Å². The Bertz CT molecular complexity index is 252. The van der Waals surface area contributed by atoms with E-state index < -0.39 is 0 Å². The Morgan fingerprint density at radius 1 is 1.07 bits per heavy atom. The smallest absolute Gasteiger partial charge is 0.248 e. The van der Waals surface area contributed by atoms with Crippen molar-refractivity contribution in [3.8, 4) is 0 Å². The van der Waals surface area contributed by atoms with Crippen molar-refractivity contribution in [1.29, 1.82) is 0 Å². The molecular weight excluding hydrogens is 186 g/mol. The maximum absolute atomic E-state index is 10.4. The van der Waals surface area contributed by atoms with Gasteiger partial charge in [0.15, 0.2) is 0 Å². The van der Waals surface area contributed by atoms with Gasteiger partial charge < -0.3 is 5.73 Å². The molecule has 1 amide bonds. The second-order valence-electron chi connectivity index (χ2n) is 3.44. The Balaban J connectivity index is 0.000000288. The summed E-state index contributed by atoms with van der Waals surface area (Å²) in [5.74, 6) is -0.379. The minimum Gasteiger partial charge on any atom is -0.366 e. The second kappa shape index (κ2) is 9.25. The van der Waals surface area contributed by atoms with Crippen molar-refractivity contribution in [3.05, 3.63) is 35.9 Å². The first-order valence-electron chi connectivity index (χ1n) is 5.57. The summed E-state index contributed by atoms with van der Waals surface area (Å²) in [7, 11) is 0. The molecule has 0 fully saturated rings. The molecule has 0 unspecified atom stereocenters. The van der Waals surface area contributed by atoms with Crippen LogP contribution in [-0.2, 0) is 0 Å². The lowest BCUT2D eigenvalue weighted by Crippen LogP contribution is -2.09. The van der Waals surface area contributed by atoms with Crippen molar-refractivity contribution in [2.24, 2.45) is 5.73 Å². The molecule has 1 aromatic rings. The maximum Gasteiger partial charge on any atom is 0.248 e. The van der Waals surface area contributed by atoms with Gasteiger partial charge in [-0.25, -0.2) is 0 Å². The van der Waals surface area contributed by atoms with Crippen LogP contribution in [0.15, 0.2) is 30.3 Å². The zero-order chi connectivity index (χ0) is 11.5. The van der Waals surface area contributed by atoms with Crippen molar-refractivity contribution >= 4 is 5.91 Å². The summed E-state index contributed by atoms with van der Waals surface area (Å²) in [6, 6.07) is 8.76. The molecule has 0 spiro atoms. The molecule has 0 aliphatic carbocycles. The van der Waals surface area contributed by atoms with Crippen molar-refractivity contribution in [2.75, 3.05) is 0 Å². The number of amides is 1. The normalized spacial score (nSPS) is 8.93. The first kappa shape index (κ1) is 13.7. The Morgan fingerprint density at radius 3 is 1.80 bits per heavy atom. The highest BCUT2D eigenvalue weighted by Gasteiger charge is 1.93. The molecule has 0 heterocycles. The third kappa shape index (κ3) is 7.74. The van der Waals surface area contributed by atoms with Crippen molar-refractivity contribution < 1.29 is 4.79 Å². The Labute approximate surface area is 92.5 Å². The fraction of sp³-hybridized carbons (Fsp3) is 0.462. The molecule has 0 atom stereocenters.